The van der Waals surface area contributed by atoms with Crippen LogP contribution in [0.15, 0.2) is 35.2 Å². The first-order valence-electron chi connectivity index (χ1n) is 9.71. The molecule has 0 bridgehead atoms. The lowest BCUT2D eigenvalue weighted by molar-refractivity contribution is -0.137. The molecule has 1 aromatic carbocycles. The molecule has 1 saturated heterocycles. The number of carbonyl (C=O) groups excluding carboxylic acids is 1. The summed E-state index contributed by atoms with van der Waals surface area (Å²) in [4.78, 5) is 25.5. The van der Waals surface area contributed by atoms with Gasteiger partial charge in [0.25, 0.3) is 5.91 Å². The molecule has 0 unspecified atom stereocenters. The number of carbonyl (C=O) groups is 2. The van der Waals surface area contributed by atoms with E-state index in [9.17, 15) is 9.59 Å². The van der Waals surface area contributed by atoms with Crippen molar-refractivity contribution in [2.24, 2.45) is 0 Å². The number of rotatable bonds is 8. The van der Waals surface area contributed by atoms with Crippen molar-refractivity contribution in [3.05, 3.63) is 52.2 Å². The van der Waals surface area contributed by atoms with Gasteiger partial charge in [0.2, 0.25) is 0 Å². The number of aryl methyl sites for hydroxylation is 1. The largest absolute Gasteiger partial charge is 0.494 e. The van der Waals surface area contributed by atoms with Crippen molar-refractivity contribution < 1.29 is 19.4 Å². The second-order valence-corrected chi connectivity index (χ2v) is 8.60. The zero-order valence-electron chi connectivity index (χ0n) is 17.2. The lowest BCUT2D eigenvalue weighted by Crippen LogP contribution is -2.29. The van der Waals surface area contributed by atoms with E-state index >= 15 is 0 Å². The minimum Gasteiger partial charge on any atom is -0.494 e. The van der Waals surface area contributed by atoms with Gasteiger partial charge in [0.1, 0.15) is 10.1 Å². The van der Waals surface area contributed by atoms with Gasteiger partial charge in [0.15, 0.2) is 0 Å². The number of aliphatic carboxylic acids is 1. The SMILES string of the molecule is CCOc1ccc(-n2c(C)cc(C=C3SC(=S)N(CCCC(=O)O)C3=O)c2C)cc1. The monoisotopic (exact) mass is 444 g/mol. The highest BCUT2D eigenvalue weighted by Crippen LogP contribution is 2.34. The van der Waals surface area contributed by atoms with Crippen molar-refractivity contribution in [3.63, 3.8) is 0 Å². The molecule has 1 N–H and O–H groups in total. The molecule has 2 heterocycles. The Morgan fingerprint density at radius 2 is 1.97 bits per heavy atom. The van der Waals surface area contributed by atoms with Gasteiger partial charge in [-0.05, 0) is 69.2 Å². The first-order chi connectivity index (χ1) is 14.3. The van der Waals surface area contributed by atoms with Gasteiger partial charge in [-0.2, -0.15) is 0 Å². The molecule has 3 rings (SSSR count). The van der Waals surface area contributed by atoms with Gasteiger partial charge in [-0.25, -0.2) is 0 Å². The van der Waals surface area contributed by atoms with Crippen LogP contribution in [0.1, 0.15) is 36.7 Å². The Balaban J connectivity index is 1.82. The van der Waals surface area contributed by atoms with Gasteiger partial charge < -0.3 is 14.4 Å². The normalized spacial score (nSPS) is 15.3. The number of amides is 1. The Morgan fingerprint density at radius 3 is 2.60 bits per heavy atom. The molecule has 6 nitrogen and oxygen atoms in total. The third-order valence-electron chi connectivity index (χ3n) is 4.81. The summed E-state index contributed by atoms with van der Waals surface area (Å²) in [6.07, 6.45) is 2.25. The Hall–Kier alpha value is -2.58. The molecule has 8 heteroatoms. The van der Waals surface area contributed by atoms with Gasteiger partial charge in [-0.3, -0.25) is 14.5 Å². The summed E-state index contributed by atoms with van der Waals surface area (Å²) < 4.78 is 8.12. The average Bonchev–Trinajstić information content (AvgIpc) is 3.12. The first kappa shape index (κ1) is 22.1. The van der Waals surface area contributed by atoms with Crippen LogP contribution in [0.2, 0.25) is 0 Å². The third kappa shape index (κ3) is 4.76. The average molecular weight is 445 g/mol. The van der Waals surface area contributed by atoms with E-state index in [-0.39, 0.29) is 12.3 Å². The van der Waals surface area contributed by atoms with Crippen LogP contribution in [0.4, 0.5) is 0 Å². The predicted octanol–water partition coefficient (Wildman–Crippen LogP) is 4.56. The number of thioether (sulfide) groups is 1. The van der Waals surface area contributed by atoms with Crippen LogP contribution in [-0.2, 0) is 9.59 Å². The number of ether oxygens (including phenoxy) is 1. The van der Waals surface area contributed by atoms with Crippen LogP contribution >= 0.6 is 24.0 Å². The zero-order valence-corrected chi connectivity index (χ0v) is 18.8. The number of aromatic nitrogens is 1. The fourth-order valence-corrected chi connectivity index (χ4v) is 4.71. The maximum atomic E-state index is 12.7. The van der Waals surface area contributed by atoms with E-state index in [1.165, 1.54) is 16.7 Å². The van der Waals surface area contributed by atoms with Gasteiger partial charge in [0, 0.05) is 30.0 Å². The fourth-order valence-electron chi connectivity index (χ4n) is 3.41. The summed E-state index contributed by atoms with van der Waals surface area (Å²) >= 11 is 6.58. The van der Waals surface area contributed by atoms with E-state index in [1.54, 1.807) is 0 Å². The van der Waals surface area contributed by atoms with Crippen molar-refractivity contribution in [2.75, 3.05) is 13.2 Å². The molecule has 0 spiro atoms. The molecule has 1 fully saturated rings. The number of nitrogens with zero attached hydrogens (tertiary/aromatic N) is 2. The predicted molar refractivity (Wildman–Crippen MR) is 123 cm³/mol. The van der Waals surface area contributed by atoms with Crippen LogP contribution in [0.25, 0.3) is 11.8 Å². The maximum absolute atomic E-state index is 12.7. The highest BCUT2D eigenvalue weighted by atomic mass is 32.2. The Morgan fingerprint density at radius 1 is 1.27 bits per heavy atom. The number of hydrogen-bond donors (Lipinski definition) is 1. The Labute approximate surface area is 185 Å². The Kier molecular flexibility index (Phi) is 6.99. The molecule has 158 valence electrons. The number of benzene rings is 1. The summed E-state index contributed by atoms with van der Waals surface area (Å²) in [6, 6.07) is 9.95. The van der Waals surface area contributed by atoms with E-state index < -0.39 is 5.97 Å². The van der Waals surface area contributed by atoms with Crippen molar-refractivity contribution in [2.45, 2.75) is 33.6 Å². The van der Waals surface area contributed by atoms with Crippen molar-refractivity contribution in [3.8, 4) is 11.4 Å². The molecule has 0 atom stereocenters. The molecule has 1 aromatic heterocycles. The van der Waals surface area contributed by atoms with E-state index in [1.807, 2.05) is 57.2 Å². The summed E-state index contributed by atoms with van der Waals surface area (Å²) in [7, 11) is 0. The minimum atomic E-state index is -0.877. The minimum absolute atomic E-state index is 0.0132. The van der Waals surface area contributed by atoms with Gasteiger partial charge in [-0.15, -0.1) is 0 Å². The van der Waals surface area contributed by atoms with Crippen LogP contribution in [0.5, 0.6) is 5.75 Å². The summed E-state index contributed by atoms with van der Waals surface area (Å²) in [5.41, 5.74) is 4.05. The van der Waals surface area contributed by atoms with E-state index in [0.29, 0.717) is 28.8 Å². The highest BCUT2D eigenvalue weighted by Gasteiger charge is 2.32. The maximum Gasteiger partial charge on any atom is 0.303 e. The number of hydrogen-bond acceptors (Lipinski definition) is 5. The van der Waals surface area contributed by atoms with Gasteiger partial charge in [-0.1, -0.05) is 24.0 Å². The molecule has 2 aromatic rings. The van der Waals surface area contributed by atoms with Gasteiger partial charge in [0.05, 0.1) is 11.5 Å². The molecule has 0 saturated carbocycles. The summed E-state index contributed by atoms with van der Waals surface area (Å²) in [5, 5.41) is 8.80. The molecule has 0 radical (unpaired) electrons. The number of thiocarbonyl (C=S) groups is 1. The lowest BCUT2D eigenvalue weighted by Gasteiger charge is -2.13. The number of carboxylic acid groups (broad SMARTS) is 1. The van der Waals surface area contributed by atoms with Crippen molar-refractivity contribution in [1.29, 1.82) is 0 Å². The lowest BCUT2D eigenvalue weighted by atomic mass is 10.2. The van der Waals surface area contributed by atoms with Crippen LogP contribution in [-0.4, -0.2) is 43.9 Å². The summed E-state index contributed by atoms with van der Waals surface area (Å²) in [6.45, 7) is 6.94. The number of carboxylic acids is 1. The third-order valence-corrected chi connectivity index (χ3v) is 6.19. The van der Waals surface area contributed by atoms with Gasteiger partial charge >= 0.3 is 5.97 Å². The second-order valence-electron chi connectivity index (χ2n) is 6.92. The zero-order chi connectivity index (χ0) is 21.8. The summed E-state index contributed by atoms with van der Waals surface area (Å²) in [5.74, 6) is -0.213. The van der Waals surface area contributed by atoms with Crippen LogP contribution in [0.3, 0.4) is 0 Å². The smallest absolute Gasteiger partial charge is 0.303 e. The van der Waals surface area contributed by atoms with E-state index in [0.717, 1.165) is 28.4 Å². The standard InChI is InChI=1S/C22H24N2O4S2/c1-4-28-18-9-7-17(8-10-18)24-14(2)12-16(15(24)3)13-19-21(27)23(22(29)30-19)11-5-6-20(25)26/h7-10,12-13H,4-6,11H2,1-3H3,(H,25,26). The quantitative estimate of drug-likeness (QED) is 0.475. The topological polar surface area (TPSA) is 71.8 Å². The van der Waals surface area contributed by atoms with Crippen molar-refractivity contribution in [1.82, 2.24) is 9.47 Å². The molecule has 0 aliphatic carbocycles. The van der Waals surface area contributed by atoms with Crippen LogP contribution in [0, 0.1) is 13.8 Å². The molecule has 30 heavy (non-hydrogen) atoms. The van der Waals surface area contributed by atoms with Crippen molar-refractivity contribution >= 4 is 46.3 Å². The Bertz CT molecular complexity index is 1010. The molecular weight excluding hydrogens is 420 g/mol. The molecule has 1 aliphatic rings. The van der Waals surface area contributed by atoms with E-state index in [2.05, 4.69) is 4.57 Å². The highest BCUT2D eigenvalue weighted by molar-refractivity contribution is 8.26. The first-order valence-corrected chi connectivity index (χ1v) is 10.9. The molecular formula is C22H24N2O4S2. The fraction of sp³-hybridized carbons (Fsp3) is 0.318. The molecule has 1 aliphatic heterocycles. The second kappa shape index (κ2) is 9.49. The van der Waals surface area contributed by atoms with Crippen LogP contribution < -0.4 is 4.74 Å². The molecule has 1 amide bonds. The van der Waals surface area contributed by atoms with E-state index in [4.69, 9.17) is 22.1 Å².